The Hall–Kier alpha value is -1.29. The second-order valence-corrected chi connectivity index (χ2v) is 5.92. The molecule has 0 amide bonds. The normalized spacial score (nSPS) is 16.3. The summed E-state index contributed by atoms with van der Waals surface area (Å²) in [6.45, 7) is 4.23. The zero-order chi connectivity index (χ0) is 14.8. The van der Waals surface area contributed by atoms with Gasteiger partial charge in [0.25, 0.3) is 0 Å². The molecule has 0 radical (unpaired) electrons. The third-order valence-corrected chi connectivity index (χ3v) is 4.23. The van der Waals surface area contributed by atoms with E-state index in [1.807, 2.05) is 30.3 Å². The smallest absolute Gasteiger partial charge is 0.149 e. The van der Waals surface area contributed by atoms with Gasteiger partial charge in [0.05, 0.1) is 6.20 Å². The molecule has 2 aromatic rings. The lowest BCUT2D eigenvalue weighted by molar-refractivity contribution is -0.00256. The zero-order valence-corrected chi connectivity index (χ0v) is 13.2. The number of hydrogen-bond acceptors (Lipinski definition) is 3. The predicted molar refractivity (Wildman–Crippen MR) is 86.0 cm³/mol. The Labute approximate surface area is 134 Å². The first kappa shape index (κ1) is 14.6. The molecule has 1 aliphatic rings. The van der Waals surface area contributed by atoms with Crippen molar-refractivity contribution in [3.05, 3.63) is 46.7 Å². The van der Waals surface area contributed by atoms with E-state index in [9.17, 15) is 0 Å². The lowest BCUT2D eigenvalue weighted by Gasteiger charge is -2.36. The summed E-state index contributed by atoms with van der Waals surface area (Å²) in [4.78, 5) is 6.50. The molecule has 0 aliphatic carbocycles. The van der Waals surface area contributed by atoms with Crippen LogP contribution in [0.2, 0.25) is 10.2 Å². The number of rotatable bonds is 4. The summed E-state index contributed by atoms with van der Waals surface area (Å²) in [5.41, 5.74) is 1.82. The van der Waals surface area contributed by atoms with Gasteiger partial charge in [0.15, 0.2) is 0 Å². The minimum absolute atomic E-state index is 0.0554. The standard InChI is InChI=1S/C16H16Cl2N2O/c1-11(20-7-2-8-20)21-14-9-15(16(18)19-10-14)12-3-5-13(17)6-4-12/h3-6,9-11H,2,7-8H2,1H3/t11-/m0/s1. The molecule has 1 aromatic carbocycles. The van der Waals surface area contributed by atoms with E-state index < -0.39 is 0 Å². The molecule has 3 nitrogen and oxygen atoms in total. The molecule has 1 saturated heterocycles. The van der Waals surface area contributed by atoms with E-state index in [1.54, 1.807) is 6.20 Å². The fraction of sp³-hybridized carbons (Fsp3) is 0.312. The summed E-state index contributed by atoms with van der Waals surface area (Å²) in [7, 11) is 0. The molecule has 3 rings (SSSR count). The molecular formula is C16H16Cl2N2O. The van der Waals surface area contributed by atoms with Gasteiger partial charge >= 0.3 is 0 Å². The minimum atomic E-state index is 0.0554. The van der Waals surface area contributed by atoms with Crippen molar-refractivity contribution in [2.24, 2.45) is 0 Å². The number of benzene rings is 1. The van der Waals surface area contributed by atoms with Gasteiger partial charge in [-0.2, -0.15) is 0 Å². The lowest BCUT2D eigenvalue weighted by Crippen LogP contribution is -2.46. The van der Waals surface area contributed by atoms with Crippen molar-refractivity contribution in [3.63, 3.8) is 0 Å². The van der Waals surface area contributed by atoms with E-state index in [1.165, 1.54) is 6.42 Å². The molecule has 0 saturated carbocycles. The van der Waals surface area contributed by atoms with Gasteiger partial charge in [0.1, 0.15) is 17.1 Å². The molecule has 2 heterocycles. The van der Waals surface area contributed by atoms with Crippen LogP contribution in [0.1, 0.15) is 13.3 Å². The Morgan fingerprint density at radius 2 is 1.90 bits per heavy atom. The van der Waals surface area contributed by atoms with Crippen molar-refractivity contribution < 1.29 is 4.74 Å². The summed E-state index contributed by atoms with van der Waals surface area (Å²) >= 11 is 12.1. The van der Waals surface area contributed by atoms with Crippen LogP contribution in [-0.4, -0.2) is 29.2 Å². The molecule has 21 heavy (non-hydrogen) atoms. The van der Waals surface area contributed by atoms with Gasteiger partial charge in [0.2, 0.25) is 0 Å². The van der Waals surface area contributed by atoms with Crippen molar-refractivity contribution >= 4 is 23.2 Å². The van der Waals surface area contributed by atoms with Crippen molar-refractivity contribution in [2.75, 3.05) is 13.1 Å². The highest BCUT2D eigenvalue weighted by atomic mass is 35.5. The maximum atomic E-state index is 6.20. The number of halogens is 2. The topological polar surface area (TPSA) is 25.4 Å². The monoisotopic (exact) mass is 322 g/mol. The number of pyridine rings is 1. The average Bonchev–Trinajstić information content (AvgIpc) is 2.40. The van der Waals surface area contributed by atoms with E-state index in [4.69, 9.17) is 27.9 Å². The minimum Gasteiger partial charge on any atom is -0.474 e. The van der Waals surface area contributed by atoms with Crippen LogP contribution in [-0.2, 0) is 0 Å². The first-order chi connectivity index (χ1) is 10.1. The van der Waals surface area contributed by atoms with Crippen LogP contribution in [0.5, 0.6) is 5.75 Å². The molecule has 0 bridgehead atoms. The maximum absolute atomic E-state index is 6.20. The first-order valence-electron chi connectivity index (χ1n) is 6.95. The molecule has 1 fully saturated rings. The van der Waals surface area contributed by atoms with E-state index in [0.717, 1.165) is 30.0 Å². The summed E-state index contributed by atoms with van der Waals surface area (Å²) in [6, 6.07) is 9.45. The number of aromatic nitrogens is 1. The summed E-state index contributed by atoms with van der Waals surface area (Å²) in [5, 5.41) is 1.16. The fourth-order valence-corrected chi connectivity index (χ4v) is 2.64. The summed E-state index contributed by atoms with van der Waals surface area (Å²) in [5.74, 6) is 0.726. The highest BCUT2D eigenvalue weighted by Gasteiger charge is 2.21. The lowest BCUT2D eigenvalue weighted by atomic mass is 10.1. The zero-order valence-electron chi connectivity index (χ0n) is 11.7. The van der Waals surface area contributed by atoms with Crippen molar-refractivity contribution in [1.82, 2.24) is 9.88 Å². The quantitative estimate of drug-likeness (QED) is 0.776. The Balaban J connectivity index is 1.83. The van der Waals surface area contributed by atoms with E-state index in [2.05, 4.69) is 16.8 Å². The molecule has 1 atom stereocenters. The van der Waals surface area contributed by atoms with Gasteiger partial charge in [-0.15, -0.1) is 0 Å². The number of likely N-dealkylation sites (tertiary alicyclic amines) is 1. The van der Waals surface area contributed by atoms with Crippen LogP contribution in [0.3, 0.4) is 0 Å². The van der Waals surface area contributed by atoms with Crippen molar-refractivity contribution in [2.45, 2.75) is 19.6 Å². The second-order valence-electron chi connectivity index (χ2n) is 5.12. The molecule has 0 N–H and O–H groups in total. The summed E-state index contributed by atoms with van der Waals surface area (Å²) in [6.07, 6.45) is 2.96. The van der Waals surface area contributed by atoms with E-state index >= 15 is 0 Å². The predicted octanol–water partition coefficient (Wildman–Crippen LogP) is 4.49. The van der Waals surface area contributed by atoms with Crippen LogP contribution in [0.4, 0.5) is 0 Å². The van der Waals surface area contributed by atoms with Gasteiger partial charge in [-0.3, -0.25) is 4.90 Å². The highest BCUT2D eigenvalue weighted by molar-refractivity contribution is 6.32. The SMILES string of the molecule is C[C@H](Oc1cnc(Cl)c(-c2ccc(Cl)cc2)c1)N1CCC1. The van der Waals surface area contributed by atoms with Crippen LogP contribution < -0.4 is 4.74 Å². The Morgan fingerprint density at radius 3 is 2.52 bits per heavy atom. The third-order valence-electron chi connectivity index (χ3n) is 3.68. The largest absolute Gasteiger partial charge is 0.474 e. The first-order valence-corrected chi connectivity index (χ1v) is 7.71. The van der Waals surface area contributed by atoms with Crippen molar-refractivity contribution in [1.29, 1.82) is 0 Å². The number of ether oxygens (including phenoxy) is 1. The number of hydrogen-bond donors (Lipinski definition) is 0. The van der Waals surface area contributed by atoms with E-state index in [-0.39, 0.29) is 6.23 Å². The van der Waals surface area contributed by atoms with Gasteiger partial charge in [-0.05, 0) is 37.1 Å². The molecule has 1 aliphatic heterocycles. The van der Waals surface area contributed by atoms with Gasteiger partial charge in [-0.25, -0.2) is 4.98 Å². The van der Waals surface area contributed by atoms with E-state index in [0.29, 0.717) is 10.2 Å². The molecule has 5 heteroatoms. The van der Waals surface area contributed by atoms with Crippen LogP contribution in [0, 0.1) is 0 Å². The van der Waals surface area contributed by atoms with Crippen LogP contribution in [0.25, 0.3) is 11.1 Å². The molecule has 110 valence electrons. The number of nitrogens with zero attached hydrogens (tertiary/aromatic N) is 2. The fourth-order valence-electron chi connectivity index (χ4n) is 2.30. The molecule has 1 aromatic heterocycles. The maximum Gasteiger partial charge on any atom is 0.149 e. The third kappa shape index (κ3) is 3.31. The Bertz CT molecular complexity index is 627. The summed E-state index contributed by atoms with van der Waals surface area (Å²) < 4.78 is 5.94. The Kier molecular flexibility index (Phi) is 4.34. The van der Waals surface area contributed by atoms with Gasteiger partial charge in [0, 0.05) is 23.7 Å². The molecule has 0 spiro atoms. The molecule has 0 unspecified atom stereocenters. The molecular weight excluding hydrogens is 307 g/mol. The average molecular weight is 323 g/mol. The second kappa shape index (κ2) is 6.22. The Morgan fingerprint density at radius 1 is 1.19 bits per heavy atom. The van der Waals surface area contributed by atoms with Gasteiger partial charge < -0.3 is 4.74 Å². The highest BCUT2D eigenvalue weighted by Crippen LogP contribution is 2.31. The van der Waals surface area contributed by atoms with Gasteiger partial charge in [-0.1, -0.05) is 35.3 Å². The van der Waals surface area contributed by atoms with Crippen LogP contribution in [0.15, 0.2) is 36.5 Å². The van der Waals surface area contributed by atoms with Crippen molar-refractivity contribution in [3.8, 4) is 16.9 Å². The van der Waals surface area contributed by atoms with Crippen LogP contribution >= 0.6 is 23.2 Å².